The molecule has 1 aromatic carbocycles. The summed E-state index contributed by atoms with van der Waals surface area (Å²) in [5, 5.41) is 8.97. The van der Waals surface area contributed by atoms with Gasteiger partial charge in [-0.05, 0) is 43.1 Å². The van der Waals surface area contributed by atoms with Crippen molar-refractivity contribution in [2.24, 2.45) is 5.73 Å². The Bertz CT molecular complexity index is 287. The van der Waals surface area contributed by atoms with Crippen LogP contribution in [0, 0.1) is 6.92 Å². The molecule has 0 spiro atoms. The lowest BCUT2D eigenvalue weighted by Crippen LogP contribution is -2.06. The van der Waals surface area contributed by atoms with Crippen molar-refractivity contribution in [2.75, 3.05) is 13.2 Å². The number of benzene rings is 1. The van der Waals surface area contributed by atoms with E-state index in [4.69, 9.17) is 15.6 Å². The highest BCUT2D eigenvalue weighted by atomic mass is 16.5. The number of aliphatic hydroxyl groups is 1. The molecule has 1 aromatic rings. The highest BCUT2D eigenvalue weighted by molar-refractivity contribution is 5.34. The number of hydrogen-bond acceptors (Lipinski definition) is 3. The highest BCUT2D eigenvalue weighted by Gasteiger charge is 1.99. The largest absolute Gasteiger partial charge is 0.494 e. The van der Waals surface area contributed by atoms with Gasteiger partial charge in [0.25, 0.3) is 0 Å². The average molecular weight is 195 g/mol. The number of aryl methyl sites for hydroxylation is 1. The van der Waals surface area contributed by atoms with Crippen molar-refractivity contribution in [3.63, 3.8) is 0 Å². The topological polar surface area (TPSA) is 55.5 Å². The lowest BCUT2D eigenvalue weighted by Gasteiger charge is -2.08. The third-order valence-corrected chi connectivity index (χ3v) is 2.10. The number of nitrogens with two attached hydrogens (primary N) is 1. The fourth-order valence-corrected chi connectivity index (χ4v) is 1.21. The maximum atomic E-state index is 8.97. The smallest absolute Gasteiger partial charge is 0.119 e. The summed E-state index contributed by atoms with van der Waals surface area (Å²) in [5.74, 6) is 0.841. The lowest BCUT2D eigenvalue weighted by molar-refractivity contribution is 0.280. The minimum atomic E-state index is 0.0783. The zero-order valence-corrected chi connectivity index (χ0v) is 8.49. The first-order valence-corrected chi connectivity index (χ1v) is 4.81. The minimum Gasteiger partial charge on any atom is -0.494 e. The van der Waals surface area contributed by atoms with Crippen LogP contribution in [0.3, 0.4) is 0 Å². The molecule has 0 radical (unpaired) electrons. The summed E-state index contributed by atoms with van der Waals surface area (Å²) in [7, 11) is 0. The summed E-state index contributed by atoms with van der Waals surface area (Å²) in [6, 6.07) is 5.68. The van der Waals surface area contributed by atoms with Gasteiger partial charge < -0.3 is 15.6 Å². The fraction of sp³-hybridized carbons (Fsp3) is 0.455. The van der Waals surface area contributed by atoms with Crippen molar-refractivity contribution >= 4 is 0 Å². The van der Waals surface area contributed by atoms with Crippen LogP contribution >= 0.6 is 0 Å². The van der Waals surface area contributed by atoms with E-state index in [9.17, 15) is 0 Å². The molecule has 0 aliphatic rings. The molecular formula is C11H17NO2. The Morgan fingerprint density at radius 1 is 1.43 bits per heavy atom. The monoisotopic (exact) mass is 195 g/mol. The van der Waals surface area contributed by atoms with Crippen LogP contribution in [0.5, 0.6) is 5.75 Å². The van der Waals surface area contributed by atoms with Gasteiger partial charge in [0.2, 0.25) is 0 Å². The Labute approximate surface area is 84.5 Å². The first-order chi connectivity index (χ1) is 6.77. The van der Waals surface area contributed by atoms with E-state index in [2.05, 4.69) is 0 Å². The molecule has 0 amide bonds. The van der Waals surface area contributed by atoms with E-state index in [1.54, 1.807) is 0 Å². The molecule has 0 heterocycles. The van der Waals surface area contributed by atoms with Crippen LogP contribution in [-0.4, -0.2) is 18.3 Å². The van der Waals surface area contributed by atoms with Gasteiger partial charge >= 0.3 is 0 Å². The van der Waals surface area contributed by atoms with E-state index in [1.165, 1.54) is 0 Å². The standard InChI is InChI=1S/C11H17NO2/c1-9-7-11(14-6-2-5-12)4-3-10(9)8-13/h3-4,7,13H,2,5-6,8,12H2,1H3. The second kappa shape index (κ2) is 5.62. The Hall–Kier alpha value is -1.06. The number of hydrogen-bond donors (Lipinski definition) is 2. The van der Waals surface area contributed by atoms with Crippen molar-refractivity contribution in [3.05, 3.63) is 29.3 Å². The molecule has 3 heteroatoms. The summed E-state index contributed by atoms with van der Waals surface area (Å²) in [6.45, 7) is 3.33. The van der Waals surface area contributed by atoms with Crippen molar-refractivity contribution in [2.45, 2.75) is 20.0 Å². The zero-order chi connectivity index (χ0) is 10.4. The molecule has 0 fully saturated rings. The van der Waals surface area contributed by atoms with Gasteiger partial charge in [-0.3, -0.25) is 0 Å². The Kier molecular flexibility index (Phi) is 4.43. The summed E-state index contributed by atoms with van der Waals surface area (Å²) >= 11 is 0. The van der Waals surface area contributed by atoms with Gasteiger partial charge in [-0.15, -0.1) is 0 Å². The van der Waals surface area contributed by atoms with Crippen LogP contribution in [-0.2, 0) is 6.61 Å². The maximum absolute atomic E-state index is 8.97. The molecule has 0 saturated heterocycles. The van der Waals surface area contributed by atoms with Crippen molar-refractivity contribution in [1.82, 2.24) is 0 Å². The highest BCUT2D eigenvalue weighted by Crippen LogP contribution is 2.17. The van der Waals surface area contributed by atoms with Crippen LogP contribution in [0.4, 0.5) is 0 Å². The van der Waals surface area contributed by atoms with Gasteiger partial charge in [0, 0.05) is 0 Å². The van der Waals surface area contributed by atoms with Gasteiger partial charge in [-0.1, -0.05) is 6.07 Å². The summed E-state index contributed by atoms with van der Waals surface area (Å²) in [4.78, 5) is 0. The third kappa shape index (κ3) is 3.01. The van der Waals surface area contributed by atoms with Crippen molar-refractivity contribution in [1.29, 1.82) is 0 Å². The van der Waals surface area contributed by atoms with Crippen molar-refractivity contribution < 1.29 is 9.84 Å². The van der Waals surface area contributed by atoms with E-state index in [0.717, 1.165) is 23.3 Å². The normalized spacial score (nSPS) is 10.2. The van der Waals surface area contributed by atoms with Gasteiger partial charge in [0.05, 0.1) is 13.2 Å². The Balaban J connectivity index is 2.57. The Morgan fingerprint density at radius 2 is 2.21 bits per heavy atom. The average Bonchev–Trinajstić information content (AvgIpc) is 2.18. The van der Waals surface area contributed by atoms with Crippen LogP contribution in [0.1, 0.15) is 17.5 Å². The first kappa shape index (κ1) is 11.0. The molecule has 0 bridgehead atoms. The maximum Gasteiger partial charge on any atom is 0.119 e. The molecule has 0 atom stereocenters. The predicted octanol–water partition coefficient (Wildman–Crippen LogP) is 1.21. The molecule has 78 valence electrons. The minimum absolute atomic E-state index is 0.0783. The Morgan fingerprint density at radius 3 is 2.79 bits per heavy atom. The summed E-state index contributed by atoms with van der Waals surface area (Å²) in [6.07, 6.45) is 0.862. The lowest BCUT2D eigenvalue weighted by atomic mass is 10.1. The van der Waals surface area contributed by atoms with E-state index in [1.807, 2.05) is 25.1 Å². The molecule has 0 aliphatic heterocycles. The van der Waals surface area contributed by atoms with Gasteiger partial charge in [0.15, 0.2) is 0 Å². The molecular weight excluding hydrogens is 178 g/mol. The number of rotatable bonds is 5. The summed E-state index contributed by atoms with van der Waals surface area (Å²) < 4.78 is 5.47. The second-order valence-electron chi connectivity index (χ2n) is 3.24. The number of ether oxygens (including phenoxy) is 1. The predicted molar refractivity (Wildman–Crippen MR) is 56.3 cm³/mol. The molecule has 14 heavy (non-hydrogen) atoms. The van der Waals surface area contributed by atoms with E-state index < -0.39 is 0 Å². The molecule has 0 saturated carbocycles. The van der Waals surface area contributed by atoms with E-state index in [0.29, 0.717) is 13.2 Å². The SMILES string of the molecule is Cc1cc(OCCCN)ccc1CO. The second-order valence-corrected chi connectivity index (χ2v) is 3.24. The molecule has 0 aliphatic carbocycles. The van der Waals surface area contributed by atoms with Gasteiger partial charge in [-0.2, -0.15) is 0 Å². The number of aliphatic hydroxyl groups excluding tert-OH is 1. The van der Waals surface area contributed by atoms with Crippen LogP contribution < -0.4 is 10.5 Å². The van der Waals surface area contributed by atoms with Gasteiger partial charge in [-0.25, -0.2) is 0 Å². The molecule has 0 unspecified atom stereocenters. The molecule has 1 rings (SSSR count). The fourth-order valence-electron chi connectivity index (χ4n) is 1.21. The molecule has 0 aromatic heterocycles. The first-order valence-electron chi connectivity index (χ1n) is 4.81. The van der Waals surface area contributed by atoms with Crippen LogP contribution in [0.25, 0.3) is 0 Å². The van der Waals surface area contributed by atoms with Crippen LogP contribution in [0.2, 0.25) is 0 Å². The van der Waals surface area contributed by atoms with Crippen LogP contribution in [0.15, 0.2) is 18.2 Å². The molecule has 3 N–H and O–H groups in total. The van der Waals surface area contributed by atoms with Crippen molar-refractivity contribution in [3.8, 4) is 5.75 Å². The van der Waals surface area contributed by atoms with Gasteiger partial charge in [0.1, 0.15) is 5.75 Å². The van der Waals surface area contributed by atoms with E-state index in [-0.39, 0.29) is 6.61 Å². The quantitative estimate of drug-likeness (QED) is 0.694. The third-order valence-electron chi connectivity index (χ3n) is 2.10. The zero-order valence-electron chi connectivity index (χ0n) is 8.49. The summed E-state index contributed by atoms with van der Waals surface area (Å²) in [5.41, 5.74) is 7.35. The molecule has 3 nitrogen and oxygen atoms in total. The van der Waals surface area contributed by atoms with E-state index >= 15 is 0 Å².